The minimum atomic E-state index is -0.817. The van der Waals surface area contributed by atoms with Gasteiger partial charge in [0, 0.05) is 25.8 Å². The molecule has 0 radical (unpaired) electrons. The van der Waals surface area contributed by atoms with E-state index in [2.05, 4.69) is 10.3 Å². The summed E-state index contributed by atoms with van der Waals surface area (Å²) < 4.78 is 26.3. The molecule has 2 aliphatic heterocycles. The van der Waals surface area contributed by atoms with E-state index in [4.69, 9.17) is 0 Å². The van der Waals surface area contributed by atoms with E-state index in [1.807, 2.05) is 0 Å². The lowest BCUT2D eigenvalue weighted by molar-refractivity contribution is -0.136. The van der Waals surface area contributed by atoms with Crippen molar-refractivity contribution in [2.24, 2.45) is 4.99 Å². The van der Waals surface area contributed by atoms with Crippen LogP contribution in [0.5, 0.6) is 0 Å². The highest BCUT2D eigenvalue weighted by Gasteiger charge is 2.48. The van der Waals surface area contributed by atoms with Crippen LogP contribution in [-0.2, 0) is 9.59 Å². The van der Waals surface area contributed by atoms with E-state index in [0.717, 1.165) is 17.0 Å². The van der Waals surface area contributed by atoms with Crippen LogP contribution >= 0.6 is 0 Å². The molecule has 0 saturated carbocycles. The van der Waals surface area contributed by atoms with E-state index in [1.165, 1.54) is 30.2 Å². The zero-order valence-electron chi connectivity index (χ0n) is 13.4. The third-order valence-corrected chi connectivity index (χ3v) is 4.05. The molecule has 1 N–H and O–H groups in total. The van der Waals surface area contributed by atoms with Crippen molar-refractivity contribution in [3.63, 3.8) is 0 Å². The molecule has 0 bridgehead atoms. The SMILES string of the molecule is CN1C(=O)C2C(N=CN2CC(=O)Nc2cc(F)cc(F)c2)N(C)C1=O. The van der Waals surface area contributed by atoms with Crippen molar-refractivity contribution in [2.45, 2.75) is 12.2 Å². The van der Waals surface area contributed by atoms with Gasteiger partial charge in [0.15, 0.2) is 12.2 Å². The fourth-order valence-electron chi connectivity index (χ4n) is 2.83. The Labute approximate surface area is 141 Å². The zero-order valence-corrected chi connectivity index (χ0v) is 13.4. The topological polar surface area (TPSA) is 85.3 Å². The summed E-state index contributed by atoms with van der Waals surface area (Å²) in [5.74, 6) is -2.69. The lowest BCUT2D eigenvalue weighted by atomic mass is 10.1. The highest BCUT2D eigenvalue weighted by molar-refractivity contribution is 6.02. The first-order valence-electron chi connectivity index (χ1n) is 7.37. The van der Waals surface area contributed by atoms with Crippen LogP contribution in [0.4, 0.5) is 19.3 Å². The number of carbonyl (C=O) groups is 3. The predicted molar refractivity (Wildman–Crippen MR) is 83.7 cm³/mol. The lowest BCUT2D eigenvalue weighted by Gasteiger charge is -2.39. The van der Waals surface area contributed by atoms with Crippen molar-refractivity contribution in [3.05, 3.63) is 29.8 Å². The Bertz CT molecular complexity index is 764. The number of rotatable bonds is 3. The first-order valence-corrected chi connectivity index (χ1v) is 7.37. The van der Waals surface area contributed by atoms with Crippen molar-refractivity contribution in [1.29, 1.82) is 0 Å². The van der Waals surface area contributed by atoms with Crippen molar-refractivity contribution in [3.8, 4) is 0 Å². The molecule has 0 spiro atoms. The molecule has 4 amide bonds. The zero-order chi connectivity index (χ0) is 18.3. The van der Waals surface area contributed by atoms with Gasteiger partial charge in [-0.25, -0.2) is 18.6 Å². The Morgan fingerprint density at radius 3 is 2.48 bits per heavy atom. The first-order chi connectivity index (χ1) is 11.8. The van der Waals surface area contributed by atoms with E-state index >= 15 is 0 Å². The number of urea groups is 1. The quantitative estimate of drug-likeness (QED) is 0.858. The number of amides is 4. The number of halogens is 2. The molecule has 132 valence electrons. The number of imide groups is 1. The summed E-state index contributed by atoms with van der Waals surface area (Å²) in [6, 6.07) is 1.35. The molecule has 1 aromatic carbocycles. The van der Waals surface area contributed by atoms with Crippen LogP contribution in [0.25, 0.3) is 0 Å². The molecule has 3 rings (SSSR count). The fourth-order valence-corrected chi connectivity index (χ4v) is 2.83. The number of anilines is 1. The highest BCUT2D eigenvalue weighted by atomic mass is 19.1. The largest absolute Gasteiger partial charge is 0.338 e. The van der Waals surface area contributed by atoms with Crippen LogP contribution in [0.2, 0.25) is 0 Å². The first kappa shape index (κ1) is 16.8. The Morgan fingerprint density at radius 2 is 1.84 bits per heavy atom. The number of carbonyl (C=O) groups excluding carboxylic acids is 3. The summed E-state index contributed by atoms with van der Waals surface area (Å²) in [5.41, 5.74) is -0.0328. The average Bonchev–Trinajstić information content (AvgIpc) is 2.93. The summed E-state index contributed by atoms with van der Waals surface area (Å²) >= 11 is 0. The number of aliphatic imine (C=N–C) groups is 1. The normalized spacial score (nSPS) is 22.5. The molecule has 8 nitrogen and oxygen atoms in total. The number of hydrogen-bond donors (Lipinski definition) is 1. The fraction of sp³-hybridized carbons (Fsp3) is 0.333. The average molecular weight is 351 g/mol. The van der Waals surface area contributed by atoms with Gasteiger partial charge in [0.05, 0.1) is 12.9 Å². The molecule has 2 heterocycles. The van der Waals surface area contributed by atoms with E-state index in [0.29, 0.717) is 6.07 Å². The molecule has 25 heavy (non-hydrogen) atoms. The molecule has 1 saturated heterocycles. The number of likely N-dealkylation sites (N-methyl/N-ethyl adjacent to an activating group) is 2. The Balaban J connectivity index is 1.71. The molecule has 2 aliphatic rings. The number of hydrogen-bond acceptors (Lipinski definition) is 5. The summed E-state index contributed by atoms with van der Waals surface area (Å²) in [4.78, 5) is 44.1. The maximum absolute atomic E-state index is 13.2. The van der Waals surface area contributed by atoms with Crippen molar-refractivity contribution >= 4 is 29.9 Å². The number of nitrogens with zero attached hydrogens (tertiary/aromatic N) is 4. The van der Waals surface area contributed by atoms with E-state index < -0.39 is 41.7 Å². The van der Waals surface area contributed by atoms with Crippen molar-refractivity contribution < 1.29 is 23.2 Å². The molecule has 10 heteroatoms. The molecule has 2 atom stereocenters. The number of fused-ring (bicyclic) bond motifs is 1. The van der Waals surface area contributed by atoms with Gasteiger partial charge < -0.3 is 15.1 Å². The molecule has 0 aromatic heterocycles. The second kappa shape index (κ2) is 6.11. The van der Waals surface area contributed by atoms with E-state index in [9.17, 15) is 23.2 Å². The van der Waals surface area contributed by atoms with Crippen LogP contribution < -0.4 is 5.32 Å². The Kier molecular flexibility index (Phi) is 4.11. The van der Waals surface area contributed by atoms with Crippen molar-refractivity contribution in [2.75, 3.05) is 26.0 Å². The van der Waals surface area contributed by atoms with Gasteiger partial charge in [0.1, 0.15) is 11.6 Å². The van der Waals surface area contributed by atoms with Crippen LogP contribution in [-0.4, -0.2) is 71.7 Å². The van der Waals surface area contributed by atoms with Gasteiger partial charge in [0.2, 0.25) is 5.91 Å². The van der Waals surface area contributed by atoms with Gasteiger partial charge in [0.25, 0.3) is 5.91 Å². The maximum Gasteiger partial charge on any atom is 0.328 e. The van der Waals surface area contributed by atoms with Gasteiger partial charge >= 0.3 is 6.03 Å². The minimum absolute atomic E-state index is 0.0328. The maximum atomic E-state index is 13.2. The summed E-state index contributed by atoms with van der Waals surface area (Å²) in [6.07, 6.45) is 0.609. The van der Waals surface area contributed by atoms with E-state index in [-0.39, 0.29) is 12.2 Å². The summed E-state index contributed by atoms with van der Waals surface area (Å²) in [6.45, 7) is -0.260. The molecule has 1 aromatic rings. The van der Waals surface area contributed by atoms with Crippen LogP contribution in [0.1, 0.15) is 0 Å². The third-order valence-electron chi connectivity index (χ3n) is 4.05. The standard InChI is InChI=1S/C15H15F2N5O3/c1-20-13-12(14(24)21(2)15(20)25)22(7-18-13)6-11(23)19-10-4-8(16)3-9(17)5-10/h3-5,7,12-13H,6H2,1-2H3,(H,19,23). The van der Waals surface area contributed by atoms with E-state index in [1.54, 1.807) is 0 Å². The monoisotopic (exact) mass is 351 g/mol. The Hall–Kier alpha value is -3.04. The third kappa shape index (κ3) is 3.02. The minimum Gasteiger partial charge on any atom is -0.338 e. The molecular formula is C15H15F2N5O3. The Morgan fingerprint density at radius 1 is 1.20 bits per heavy atom. The van der Waals surface area contributed by atoms with Gasteiger partial charge in [-0.2, -0.15) is 0 Å². The lowest BCUT2D eigenvalue weighted by Crippen LogP contribution is -2.64. The number of benzene rings is 1. The van der Waals surface area contributed by atoms with Gasteiger partial charge in [-0.15, -0.1) is 0 Å². The molecule has 0 aliphatic carbocycles. The second-order valence-corrected chi connectivity index (χ2v) is 5.79. The van der Waals surface area contributed by atoms with Gasteiger partial charge in [-0.1, -0.05) is 0 Å². The predicted octanol–water partition coefficient (Wildman–Crippen LogP) is 0.466. The van der Waals surface area contributed by atoms with Gasteiger partial charge in [-0.3, -0.25) is 14.5 Å². The van der Waals surface area contributed by atoms with Crippen LogP contribution in [0, 0.1) is 11.6 Å². The summed E-state index contributed by atoms with van der Waals surface area (Å²) in [7, 11) is 2.86. The highest BCUT2D eigenvalue weighted by Crippen LogP contribution is 2.24. The summed E-state index contributed by atoms with van der Waals surface area (Å²) in [5, 5.41) is 2.36. The number of nitrogens with one attached hydrogen (secondary N) is 1. The van der Waals surface area contributed by atoms with Gasteiger partial charge in [-0.05, 0) is 12.1 Å². The second-order valence-electron chi connectivity index (χ2n) is 5.79. The molecular weight excluding hydrogens is 336 g/mol. The smallest absolute Gasteiger partial charge is 0.328 e. The van der Waals surface area contributed by atoms with Crippen LogP contribution in [0.3, 0.4) is 0 Å². The van der Waals surface area contributed by atoms with Crippen molar-refractivity contribution in [1.82, 2.24) is 14.7 Å². The molecule has 2 unspecified atom stereocenters. The van der Waals surface area contributed by atoms with Crippen LogP contribution in [0.15, 0.2) is 23.2 Å². The molecule has 1 fully saturated rings.